The van der Waals surface area contributed by atoms with Crippen LogP contribution in [0.1, 0.15) is 12.8 Å². The van der Waals surface area contributed by atoms with E-state index >= 15 is 0 Å². The largest absolute Gasteiger partial charge is 0.441 e. The first-order valence-corrected chi connectivity index (χ1v) is 8.07. The molecule has 3 aliphatic rings. The molecule has 0 amide bonds. The first-order chi connectivity index (χ1) is 11.8. The van der Waals surface area contributed by atoms with Gasteiger partial charge >= 0.3 is 6.18 Å². The molecule has 8 heteroatoms. The SMILES string of the molecule is OC1(CN2CNc3ccc(OC4=CC=C(C(F)(F)F)CN4)cc32)CC1. The van der Waals surface area contributed by atoms with Gasteiger partial charge in [0.1, 0.15) is 5.75 Å². The van der Waals surface area contributed by atoms with Gasteiger partial charge in [0.05, 0.1) is 29.2 Å². The van der Waals surface area contributed by atoms with Crippen molar-refractivity contribution >= 4 is 11.4 Å². The molecule has 0 aromatic heterocycles. The predicted octanol–water partition coefficient (Wildman–Crippen LogP) is 2.71. The maximum Gasteiger partial charge on any atom is 0.414 e. The Balaban J connectivity index is 1.48. The molecule has 0 radical (unpaired) electrons. The Kier molecular flexibility index (Phi) is 3.61. The van der Waals surface area contributed by atoms with E-state index < -0.39 is 17.4 Å². The number of ether oxygens (including phenoxy) is 1. The molecule has 1 aromatic rings. The van der Waals surface area contributed by atoms with Crippen molar-refractivity contribution in [3.63, 3.8) is 0 Å². The Morgan fingerprint density at radius 2 is 2.00 bits per heavy atom. The molecule has 25 heavy (non-hydrogen) atoms. The van der Waals surface area contributed by atoms with Crippen LogP contribution >= 0.6 is 0 Å². The highest BCUT2D eigenvalue weighted by Crippen LogP contribution is 2.41. The highest BCUT2D eigenvalue weighted by molar-refractivity contribution is 5.76. The molecular weight excluding hydrogens is 335 g/mol. The zero-order chi connectivity index (χ0) is 17.7. The van der Waals surface area contributed by atoms with Gasteiger partial charge < -0.3 is 25.4 Å². The number of nitrogens with one attached hydrogen (secondary N) is 2. The second-order valence-electron chi connectivity index (χ2n) is 6.61. The molecule has 2 heterocycles. The van der Waals surface area contributed by atoms with Crippen LogP contribution in [-0.4, -0.2) is 36.6 Å². The number of hydrogen-bond donors (Lipinski definition) is 3. The van der Waals surface area contributed by atoms with Crippen molar-refractivity contribution in [1.29, 1.82) is 0 Å². The van der Waals surface area contributed by atoms with Gasteiger partial charge in [-0.05, 0) is 37.1 Å². The second-order valence-corrected chi connectivity index (χ2v) is 6.61. The monoisotopic (exact) mass is 353 g/mol. The quantitative estimate of drug-likeness (QED) is 0.777. The first kappa shape index (κ1) is 16.1. The number of hydrogen-bond acceptors (Lipinski definition) is 5. The van der Waals surface area contributed by atoms with E-state index in [4.69, 9.17) is 4.74 Å². The van der Waals surface area contributed by atoms with E-state index in [0.29, 0.717) is 19.0 Å². The molecule has 0 spiro atoms. The Morgan fingerprint density at radius 3 is 2.64 bits per heavy atom. The maximum absolute atomic E-state index is 12.6. The molecule has 1 aliphatic carbocycles. The average molecular weight is 353 g/mol. The number of rotatable bonds is 4. The number of anilines is 2. The summed E-state index contributed by atoms with van der Waals surface area (Å²) in [5.41, 5.74) is 0.621. The molecule has 5 nitrogen and oxygen atoms in total. The Hall–Kier alpha value is -2.35. The van der Waals surface area contributed by atoms with Crippen molar-refractivity contribution in [3.05, 3.63) is 41.8 Å². The van der Waals surface area contributed by atoms with Gasteiger partial charge in [0, 0.05) is 19.2 Å². The highest BCUT2D eigenvalue weighted by Gasteiger charge is 2.43. The van der Waals surface area contributed by atoms with Gasteiger partial charge in [-0.2, -0.15) is 13.2 Å². The summed E-state index contributed by atoms with van der Waals surface area (Å²) < 4.78 is 43.5. The molecule has 1 fully saturated rings. The molecule has 0 saturated heterocycles. The molecule has 2 aliphatic heterocycles. The maximum atomic E-state index is 12.6. The lowest BCUT2D eigenvalue weighted by molar-refractivity contribution is -0.0931. The summed E-state index contributed by atoms with van der Waals surface area (Å²) in [6.07, 6.45) is -0.421. The lowest BCUT2D eigenvalue weighted by atomic mass is 10.2. The average Bonchev–Trinajstić information content (AvgIpc) is 3.16. The third kappa shape index (κ3) is 3.39. The van der Waals surface area contributed by atoms with Gasteiger partial charge in [-0.25, -0.2) is 0 Å². The van der Waals surface area contributed by atoms with Crippen LogP contribution in [0.5, 0.6) is 5.75 Å². The summed E-state index contributed by atoms with van der Waals surface area (Å²) in [6, 6.07) is 5.45. The van der Waals surface area contributed by atoms with E-state index in [-0.39, 0.29) is 12.4 Å². The molecule has 0 unspecified atom stereocenters. The van der Waals surface area contributed by atoms with E-state index in [1.54, 1.807) is 6.07 Å². The van der Waals surface area contributed by atoms with Crippen molar-refractivity contribution in [3.8, 4) is 5.75 Å². The first-order valence-electron chi connectivity index (χ1n) is 8.07. The number of dihydropyridines is 1. The fraction of sp³-hybridized carbons (Fsp3) is 0.412. The molecule has 134 valence electrons. The normalized spacial score (nSPS) is 20.9. The van der Waals surface area contributed by atoms with Gasteiger partial charge in [-0.15, -0.1) is 0 Å². The van der Waals surface area contributed by atoms with Gasteiger partial charge in [0.2, 0.25) is 0 Å². The number of nitrogens with zero attached hydrogens (tertiary/aromatic N) is 1. The van der Waals surface area contributed by atoms with Crippen LogP contribution in [0.3, 0.4) is 0 Å². The van der Waals surface area contributed by atoms with Crippen molar-refractivity contribution in [1.82, 2.24) is 5.32 Å². The highest BCUT2D eigenvalue weighted by atomic mass is 19.4. The van der Waals surface area contributed by atoms with E-state index in [9.17, 15) is 18.3 Å². The molecule has 3 N–H and O–H groups in total. The van der Waals surface area contributed by atoms with Crippen LogP contribution in [-0.2, 0) is 0 Å². The van der Waals surface area contributed by atoms with Gasteiger partial charge in [0.15, 0.2) is 5.88 Å². The van der Waals surface area contributed by atoms with Crippen LogP contribution in [0.25, 0.3) is 0 Å². The molecule has 1 aromatic carbocycles. The number of allylic oxidation sites excluding steroid dienone is 2. The van der Waals surface area contributed by atoms with Crippen molar-refractivity contribution in [2.75, 3.05) is 30.0 Å². The lowest BCUT2D eigenvalue weighted by Gasteiger charge is -2.22. The molecule has 0 atom stereocenters. The summed E-state index contributed by atoms with van der Waals surface area (Å²) in [5.74, 6) is 0.795. The minimum atomic E-state index is -4.34. The fourth-order valence-corrected chi connectivity index (χ4v) is 2.92. The third-order valence-corrected chi connectivity index (χ3v) is 4.56. The van der Waals surface area contributed by atoms with Gasteiger partial charge in [0.25, 0.3) is 0 Å². The van der Waals surface area contributed by atoms with Crippen LogP contribution in [0.2, 0.25) is 0 Å². The number of β-amino-alcohol motifs (C(OH)–C–C–N with tert-alkyl or cyclic N) is 1. The van der Waals surface area contributed by atoms with Crippen molar-refractivity contribution in [2.45, 2.75) is 24.6 Å². The Morgan fingerprint density at radius 1 is 1.20 bits per heavy atom. The third-order valence-electron chi connectivity index (χ3n) is 4.56. The van der Waals surface area contributed by atoms with E-state index in [2.05, 4.69) is 10.6 Å². The zero-order valence-electron chi connectivity index (χ0n) is 13.4. The predicted molar refractivity (Wildman–Crippen MR) is 87.3 cm³/mol. The lowest BCUT2D eigenvalue weighted by Crippen LogP contribution is -2.33. The minimum Gasteiger partial charge on any atom is -0.441 e. The smallest absolute Gasteiger partial charge is 0.414 e. The fourth-order valence-electron chi connectivity index (χ4n) is 2.92. The van der Waals surface area contributed by atoms with E-state index in [1.807, 2.05) is 17.0 Å². The summed E-state index contributed by atoms with van der Waals surface area (Å²) in [5, 5.41) is 16.0. The standard InChI is InChI=1S/C17H18F3N3O2/c18-17(19,20)11-1-4-15(21-8-11)25-12-2-3-13-14(7-12)23(10-22-13)9-16(24)5-6-16/h1-4,7,21-22,24H,5-6,8-10H2. The van der Waals surface area contributed by atoms with E-state index in [1.165, 1.54) is 6.08 Å². The Bertz CT molecular complexity index is 754. The van der Waals surface area contributed by atoms with Crippen LogP contribution < -0.4 is 20.3 Å². The van der Waals surface area contributed by atoms with Crippen LogP contribution in [0.15, 0.2) is 41.8 Å². The van der Waals surface area contributed by atoms with E-state index in [0.717, 1.165) is 30.3 Å². The number of fused-ring (bicyclic) bond motifs is 1. The van der Waals surface area contributed by atoms with Crippen molar-refractivity contribution < 1.29 is 23.0 Å². The van der Waals surface area contributed by atoms with Gasteiger partial charge in [-0.1, -0.05) is 0 Å². The number of alkyl halides is 3. The molecule has 1 saturated carbocycles. The zero-order valence-corrected chi connectivity index (χ0v) is 13.4. The molecule has 0 bridgehead atoms. The van der Waals surface area contributed by atoms with Gasteiger partial charge in [-0.3, -0.25) is 0 Å². The molecule has 4 rings (SSSR count). The molecular formula is C17H18F3N3O2. The summed E-state index contributed by atoms with van der Waals surface area (Å²) >= 11 is 0. The summed E-state index contributed by atoms with van der Waals surface area (Å²) in [4.78, 5) is 2.04. The number of aliphatic hydroxyl groups is 1. The topological polar surface area (TPSA) is 56.8 Å². The minimum absolute atomic E-state index is 0.270. The summed E-state index contributed by atoms with van der Waals surface area (Å²) in [6.45, 7) is 0.843. The van der Waals surface area contributed by atoms with Crippen molar-refractivity contribution in [2.24, 2.45) is 0 Å². The Labute approximate surface area is 142 Å². The summed E-state index contributed by atoms with van der Waals surface area (Å²) in [7, 11) is 0. The number of halogens is 3. The second kappa shape index (κ2) is 5.59. The van der Waals surface area contributed by atoms with Crippen LogP contribution in [0, 0.1) is 0 Å². The number of benzene rings is 1. The van der Waals surface area contributed by atoms with Crippen LogP contribution in [0.4, 0.5) is 24.5 Å².